The minimum Gasteiger partial charge on any atom is -0.370 e. The summed E-state index contributed by atoms with van der Waals surface area (Å²) >= 11 is 2.86. The molecular formula is C20H17N5O2S2. The van der Waals surface area contributed by atoms with Crippen molar-refractivity contribution in [2.45, 2.75) is 37.6 Å². The van der Waals surface area contributed by atoms with Gasteiger partial charge in [0.25, 0.3) is 5.56 Å². The number of benzene rings is 1. The molecule has 0 saturated carbocycles. The first-order valence-electron chi connectivity index (χ1n) is 9.14. The monoisotopic (exact) mass is 423 g/mol. The first-order chi connectivity index (χ1) is 14.0. The van der Waals surface area contributed by atoms with Crippen LogP contribution in [0.25, 0.3) is 21.7 Å². The van der Waals surface area contributed by atoms with E-state index in [0.29, 0.717) is 29.3 Å². The quantitative estimate of drug-likeness (QED) is 0.469. The van der Waals surface area contributed by atoms with E-state index in [9.17, 15) is 4.79 Å². The predicted molar refractivity (Wildman–Crippen MR) is 113 cm³/mol. The number of thiophene rings is 1. The Morgan fingerprint density at radius 1 is 1.31 bits per heavy atom. The summed E-state index contributed by atoms with van der Waals surface area (Å²) in [6.07, 6.45) is 0.667. The zero-order valence-electron chi connectivity index (χ0n) is 15.9. The largest absolute Gasteiger partial charge is 0.370 e. The van der Waals surface area contributed by atoms with Gasteiger partial charge in [0.2, 0.25) is 5.78 Å². The van der Waals surface area contributed by atoms with Gasteiger partial charge in [0.1, 0.15) is 4.83 Å². The first kappa shape index (κ1) is 18.4. The smallest absolute Gasteiger partial charge is 0.268 e. The Kier molecular flexibility index (Phi) is 4.24. The number of fused-ring (bicyclic) bond motifs is 5. The summed E-state index contributed by atoms with van der Waals surface area (Å²) < 4.78 is 9.49. The van der Waals surface area contributed by atoms with Crippen LogP contribution in [0.3, 0.4) is 0 Å². The topological polar surface area (TPSA) is 85.2 Å². The maximum Gasteiger partial charge on any atom is 0.268 e. The molecule has 7 nitrogen and oxygen atoms in total. The molecule has 4 aromatic rings. The number of aromatic nitrogens is 4. The van der Waals surface area contributed by atoms with Gasteiger partial charge >= 0.3 is 0 Å². The van der Waals surface area contributed by atoms with E-state index in [1.165, 1.54) is 11.8 Å². The van der Waals surface area contributed by atoms with Crippen LogP contribution in [0.15, 0.2) is 40.3 Å². The van der Waals surface area contributed by atoms with E-state index >= 15 is 0 Å². The van der Waals surface area contributed by atoms with Crippen molar-refractivity contribution in [3.05, 3.63) is 51.1 Å². The molecule has 5 rings (SSSR count). The van der Waals surface area contributed by atoms with E-state index in [2.05, 4.69) is 16.3 Å². The van der Waals surface area contributed by atoms with E-state index in [-0.39, 0.29) is 16.9 Å². The van der Waals surface area contributed by atoms with Gasteiger partial charge in [0, 0.05) is 11.3 Å². The van der Waals surface area contributed by atoms with Gasteiger partial charge in [0.15, 0.2) is 5.16 Å². The Hall–Kier alpha value is -2.67. The van der Waals surface area contributed by atoms with Gasteiger partial charge in [-0.1, -0.05) is 30.0 Å². The van der Waals surface area contributed by atoms with Gasteiger partial charge < -0.3 is 4.74 Å². The fourth-order valence-corrected chi connectivity index (χ4v) is 5.58. The molecule has 1 aliphatic heterocycles. The van der Waals surface area contributed by atoms with Crippen molar-refractivity contribution in [3.63, 3.8) is 0 Å². The summed E-state index contributed by atoms with van der Waals surface area (Å²) in [5.41, 5.74) is 1.35. The van der Waals surface area contributed by atoms with Crippen molar-refractivity contribution in [3.8, 4) is 11.8 Å². The predicted octanol–water partition coefficient (Wildman–Crippen LogP) is 3.56. The fraction of sp³-hybridized carbons (Fsp3) is 0.300. The number of nitriles is 1. The molecular weight excluding hydrogens is 406 g/mol. The van der Waals surface area contributed by atoms with Gasteiger partial charge in [-0.2, -0.15) is 5.26 Å². The third-order valence-corrected chi connectivity index (χ3v) is 6.97. The summed E-state index contributed by atoms with van der Waals surface area (Å²) in [4.78, 5) is 15.6. The van der Waals surface area contributed by atoms with Crippen molar-refractivity contribution >= 4 is 39.1 Å². The zero-order chi connectivity index (χ0) is 20.2. The van der Waals surface area contributed by atoms with Crippen LogP contribution in [0.1, 0.15) is 24.3 Å². The minimum atomic E-state index is -0.328. The first-order valence-corrected chi connectivity index (χ1v) is 10.9. The van der Waals surface area contributed by atoms with Crippen LogP contribution < -0.4 is 5.56 Å². The maximum atomic E-state index is 13.7. The maximum absolute atomic E-state index is 13.7. The molecule has 0 saturated heterocycles. The van der Waals surface area contributed by atoms with E-state index in [1.54, 1.807) is 15.9 Å². The van der Waals surface area contributed by atoms with Crippen LogP contribution >= 0.6 is 23.1 Å². The molecule has 29 heavy (non-hydrogen) atoms. The minimum absolute atomic E-state index is 0.0990. The molecule has 3 aromatic heterocycles. The van der Waals surface area contributed by atoms with Crippen molar-refractivity contribution in [2.24, 2.45) is 0 Å². The van der Waals surface area contributed by atoms with E-state index in [0.717, 1.165) is 21.0 Å². The Morgan fingerprint density at radius 3 is 2.86 bits per heavy atom. The van der Waals surface area contributed by atoms with Crippen molar-refractivity contribution in [2.75, 3.05) is 5.75 Å². The second-order valence-corrected chi connectivity index (χ2v) is 9.48. The molecule has 0 N–H and O–H groups in total. The van der Waals surface area contributed by atoms with E-state index < -0.39 is 0 Å². The number of hydrogen-bond acceptors (Lipinski definition) is 7. The average Bonchev–Trinajstić information content (AvgIpc) is 3.28. The molecule has 9 heteroatoms. The van der Waals surface area contributed by atoms with E-state index in [1.807, 2.05) is 48.6 Å². The highest BCUT2D eigenvalue weighted by Crippen LogP contribution is 2.38. The zero-order valence-corrected chi connectivity index (χ0v) is 17.5. The molecule has 1 aromatic carbocycles. The SMILES string of the molecule is CC1(C)Cc2c(sc3c2c(=O)n(-c2ccccc2)c2nnc(SCC#N)n32)CO1. The Balaban J connectivity index is 1.92. The lowest BCUT2D eigenvalue weighted by Crippen LogP contribution is -2.32. The number of hydrogen-bond donors (Lipinski definition) is 0. The summed E-state index contributed by atoms with van der Waals surface area (Å²) in [5, 5.41) is 18.9. The van der Waals surface area contributed by atoms with Crippen LogP contribution in [0.5, 0.6) is 0 Å². The normalized spacial score (nSPS) is 15.5. The molecule has 0 amide bonds. The Labute approximate surface area is 174 Å². The number of nitrogens with zero attached hydrogens (tertiary/aromatic N) is 5. The van der Waals surface area contributed by atoms with Gasteiger partial charge in [-0.05, 0) is 31.5 Å². The summed E-state index contributed by atoms with van der Waals surface area (Å²) in [6, 6.07) is 11.6. The lowest BCUT2D eigenvalue weighted by atomic mass is 9.94. The lowest BCUT2D eigenvalue weighted by molar-refractivity contribution is -0.0379. The number of rotatable bonds is 3. The van der Waals surface area contributed by atoms with Crippen LogP contribution in [-0.4, -0.2) is 30.5 Å². The van der Waals surface area contributed by atoms with Gasteiger partial charge in [0.05, 0.1) is 35.1 Å². The highest BCUT2D eigenvalue weighted by Gasteiger charge is 2.32. The van der Waals surface area contributed by atoms with Crippen molar-refractivity contribution in [1.82, 2.24) is 19.2 Å². The number of para-hydroxylation sites is 1. The third kappa shape index (κ3) is 2.87. The molecule has 146 valence electrons. The highest BCUT2D eigenvalue weighted by atomic mass is 32.2. The van der Waals surface area contributed by atoms with Crippen molar-refractivity contribution < 1.29 is 4.74 Å². The molecule has 0 aliphatic carbocycles. The van der Waals surface area contributed by atoms with Crippen LogP contribution in [-0.2, 0) is 17.8 Å². The summed E-state index contributed by atoms with van der Waals surface area (Å²) in [6.45, 7) is 4.57. The molecule has 0 unspecified atom stereocenters. The number of ether oxygens (including phenoxy) is 1. The standard InChI is InChI=1S/C20H17N5O2S2/c1-20(2)10-13-14(11-27-20)29-17-15(13)16(26)24(12-6-4-3-5-7-12)18-22-23-19(25(17)18)28-9-8-21/h3-7H,9-11H2,1-2H3. The van der Waals surface area contributed by atoms with Gasteiger partial charge in [-0.25, -0.2) is 8.97 Å². The van der Waals surface area contributed by atoms with Gasteiger partial charge in [-0.15, -0.1) is 21.5 Å². The summed E-state index contributed by atoms with van der Waals surface area (Å²) in [7, 11) is 0. The second kappa shape index (κ2) is 6.69. The van der Waals surface area contributed by atoms with Crippen LogP contribution in [0, 0.1) is 11.3 Å². The molecule has 0 atom stereocenters. The fourth-order valence-electron chi connectivity index (χ4n) is 3.70. The molecule has 0 spiro atoms. The molecule has 0 radical (unpaired) electrons. The second-order valence-electron chi connectivity index (χ2n) is 7.45. The summed E-state index contributed by atoms with van der Waals surface area (Å²) in [5.74, 6) is 0.710. The van der Waals surface area contributed by atoms with Crippen molar-refractivity contribution in [1.29, 1.82) is 5.26 Å². The van der Waals surface area contributed by atoms with Gasteiger partial charge in [-0.3, -0.25) is 4.79 Å². The Bertz CT molecular complexity index is 1340. The van der Waals surface area contributed by atoms with Crippen LogP contribution in [0.2, 0.25) is 0 Å². The molecule has 0 fully saturated rings. The molecule has 0 bridgehead atoms. The third-order valence-electron chi connectivity index (χ3n) is 4.99. The van der Waals surface area contributed by atoms with E-state index in [4.69, 9.17) is 10.00 Å². The number of thioether (sulfide) groups is 1. The van der Waals surface area contributed by atoms with Crippen LogP contribution in [0.4, 0.5) is 0 Å². The molecule has 4 heterocycles. The Morgan fingerprint density at radius 2 is 2.10 bits per heavy atom. The average molecular weight is 424 g/mol. The molecule has 1 aliphatic rings. The lowest BCUT2D eigenvalue weighted by Gasteiger charge is -2.29. The highest BCUT2D eigenvalue weighted by molar-refractivity contribution is 7.99.